The number of anilines is 1. The molecule has 0 fully saturated rings. The molecule has 1 N–H and O–H groups in total. The van der Waals surface area contributed by atoms with Crippen LogP contribution >= 0.6 is 11.3 Å². The van der Waals surface area contributed by atoms with Gasteiger partial charge in [-0.25, -0.2) is 0 Å². The van der Waals surface area contributed by atoms with Gasteiger partial charge >= 0.3 is 0 Å². The molecule has 4 nitrogen and oxygen atoms in total. The second kappa shape index (κ2) is 8.17. The maximum absolute atomic E-state index is 12.0. The van der Waals surface area contributed by atoms with Gasteiger partial charge in [-0.05, 0) is 35.7 Å². The van der Waals surface area contributed by atoms with E-state index < -0.39 is 0 Å². The number of benzene rings is 2. The maximum Gasteiger partial charge on any atom is 0.265 e. The zero-order valence-corrected chi connectivity index (χ0v) is 13.8. The highest BCUT2D eigenvalue weighted by molar-refractivity contribution is 7.12. The minimum absolute atomic E-state index is 0.116. The molecule has 0 saturated heterocycles. The Morgan fingerprint density at radius 1 is 0.875 bits per heavy atom. The Morgan fingerprint density at radius 3 is 2.38 bits per heavy atom. The summed E-state index contributed by atoms with van der Waals surface area (Å²) in [4.78, 5) is 12.7. The van der Waals surface area contributed by atoms with E-state index in [1.54, 1.807) is 12.1 Å². The lowest BCUT2D eigenvalue weighted by Crippen LogP contribution is -2.11. The molecule has 1 aromatic heterocycles. The number of hydrogen-bond acceptors (Lipinski definition) is 4. The molecule has 0 unspecified atom stereocenters. The van der Waals surface area contributed by atoms with Crippen LogP contribution in [0.5, 0.6) is 11.5 Å². The van der Waals surface area contributed by atoms with Crippen molar-refractivity contribution < 1.29 is 14.3 Å². The lowest BCUT2D eigenvalue weighted by atomic mass is 10.3. The van der Waals surface area contributed by atoms with Gasteiger partial charge in [0.15, 0.2) is 0 Å². The van der Waals surface area contributed by atoms with Gasteiger partial charge in [0.1, 0.15) is 24.7 Å². The highest BCUT2D eigenvalue weighted by atomic mass is 32.1. The molecular weight excluding hydrogens is 322 g/mol. The van der Waals surface area contributed by atoms with Crippen LogP contribution < -0.4 is 14.8 Å². The summed E-state index contributed by atoms with van der Waals surface area (Å²) >= 11 is 1.41. The van der Waals surface area contributed by atoms with Gasteiger partial charge in [-0.1, -0.05) is 30.3 Å². The molecule has 3 aromatic rings. The molecule has 2 aromatic carbocycles. The topological polar surface area (TPSA) is 47.6 Å². The molecule has 3 rings (SSSR count). The van der Waals surface area contributed by atoms with Gasteiger partial charge in [-0.2, -0.15) is 0 Å². The third-order valence-electron chi connectivity index (χ3n) is 3.20. The van der Waals surface area contributed by atoms with Crippen LogP contribution in [-0.2, 0) is 0 Å². The predicted octanol–water partition coefficient (Wildman–Crippen LogP) is 4.46. The molecule has 0 bridgehead atoms. The number of thiophene rings is 1. The zero-order chi connectivity index (χ0) is 16.6. The van der Waals surface area contributed by atoms with Crippen molar-refractivity contribution in [1.82, 2.24) is 0 Å². The maximum atomic E-state index is 12.0. The normalized spacial score (nSPS) is 10.2. The lowest BCUT2D eigenvalue weighted by Gasteiger charge is -2.10. The van der Waals surface area contributed by atoms with Gasteiger partial charge in [-0.3, -0.25) is 4.79 Å². The quantitative estimate of drug-likeness (QED) is 0.647. The molecule has 0 radical (unpaired) electrons. The number of nitrogens with one attached hydrogen (secondary N) is 1. The Balaban J connectivity index is 1.49. The molecule has 5 heteroatoms. The minimum atomic E-state index is -0.116. The lowest BCUT2D eigenvalue weighted by molar-refractivity contribution is 0.103. The van der Waals surface area contributed by atoms with E-state index in [2.05, 4.69) is 5.32 Å². The van der Waals surface area contributed by atoms with Gasteiger partial charge < -0.3 is 14.8 Å². The standard InChI is InChI=1S/C19H17NO3S/c21-19(18-10-5-13-24-18)20-15-6-4-9-17(14-15)23-12-11-22-16-7-2-1-3-8-16/h1-10,13-14H,11-12H2,(H,20,21). The number of hydrogen-bond donors (Lipinski definition) is 1. The van der Waals surface area contributed by atoms with E-state index in [9.17, 15) is 4.79 Å². The van der Waals surface area contributed by atoms with E-state index in [4.69, 9.17) is 9.47 Å². The van der Waals surface area contributed by atoms with Crippen LogP contribution in [0.1, 0.15) is 9.67 Å². The van der Waals surface area contributed by atoms with E-state index in [1.165, 1.54) is 11.3 Å². The van der Waals surface area contributed by atoms with Crippen LogP contribution in [0, 0.1) is 0 Å². The number of amides is 1. The molecule has 24 heavy (non-hydrogen) atoms. The van der Waals surface area contributed by atoms with E-state index in [-0.39, 0.29) is 5.91 Å². The van der Waals surface area contributed by atoms with Crippen molar-refractivity contribution in [2.45, 2.75) is 0 Å². The van der Waals surface area contributed by atoms with Gasteiger partial charge in [-0.15, -0.1) is 11.3 Å². The molecule has 122 valence electrons. The number of carbonyl (C=O) groups is 1. The molecule has 0 aliphatic carbocycles. The van der Waals surface area contributed by atoms with Crippen LogP contribution in [0.25, 0.3) is 0 Å². The van der Waals surface area contributed by atoms with Crippen LogP contribution in [0.4, 0.5) is 5.69 Å². The fourth-order valence-corrected chi connectivity index (χ4v) is 2.72. The summed E-state index contributed by atoms with van der Waals surface area (Å²) in [5, 5.41) is 4.74. The average Bonchev–Trinajstić information content (AvgIpc) is 3.15. The predicted molar refractivity (Wildman–Crippen MR) is 96.1 cm³/mol. The summed E-state index contributed by atoms with van der Waals surface area (Å²) < 4.78 is 11.2. The highest BCUT2D eigenvalue weighted by Gasteiger charge is 2.07. The van der Waals surface area contributed by atoms with Crippen molar-refractivity contribution in [3.8, 4) is 11.5 Å². The van der Waals surface area contributed by atoms with E-state index in [1.807, 2.05) is 60.0 Å². The van der Waals surface area contributed by atoms with Crippen LogP contribution in [0.3, 0.4) is 0 Å². The van der Waals surface area contributed by atoms with E-state index in [0.717, 1.165) is 5.75 Å². The Bertz CT molecular complexity index is 772. The highest BCUT2D eigenvalue weighted by Crippen LogP contribution is 2.19. The first-order valence-corrected chi connectivity index (χ1v) is 8.45. The van der Waals surface area contributed by atoms with Crippen molar-refractivity contribution in [3.63, 3.8) is 0 Å². The van der Waals surface area contributed by atoms with E-state index in [0.29, 0.717) is 29.5 Å². The molecule has 0 saturated carbocycles. The third-order valence-corrected chi connectivity index (χ3v) is 4.07. The fraction of sp³-hybridized carbons (Fsp3) is 0.105. The Hall–Kier alpha value is -2.79. The second-order valence-corrected chi connectivity index (χ2v) is 5.92. The number of para-hydroxylation sites is 1. The second-order valence-electron chi connectivity index (χ2n) is 4.97. The van der Waals surface area contributed by atoms with Crippen molar-refractivity contribution in [2.75, 3.05) is 18.5 Å². The first-order chi connectivity index (χ1) is 11.8. The summed E-state index contributed by atoms with van der Waals surface area (Å²) in [6.07, 6.45) is 0. The van der Waals surface area contributed by atoms with Crippen LogP contribution in [0.15, 0.2) is 72.1 Å². The molecule has 1 amide bonds. The van der Waals surface area contributed by atoms with Crippen molar-refractivity contribution >= 4 is 22.9 Å². The largest absolute Gasteiger partial charge is 0.490 e. The molecule has 0 aliphatic heterocycles. The van der Waals surface area contributed by atoms with Gasteiger partial charge in [0, 0.05) is 11.8 Å². The molecular formula is C19H17NO3S. The number of rotatable bonds is 7. The van der Waals surface area contributed by atoms with Crippen molar-refractivity contribution in [1.29, 1.82) is 0 Å². The van der Waals surface area contributed by atoms with Gasteiger partial charge in [0.25, 0.3) is 5.91 Å². The molecule has 1 heterocycles. The summed E-state index contributed by atoms with van der Waals surface area (Å²) in [5.41, 5.74) is 0.704. The zero-order valence-electron chi connectivity index (χ0n) is 13.0. The van der Waals surface area contributed by atoms with Crippen molar-refractivity contribution in [3.05, 3.63) is 77.0 Å². The number of ether oxygens (including phenoxy) is 2. The Kier molecular flexibility index (Phi) is 5.48. The van der Waals surface area contributed by atoms with Gasteiger partial charge in [0.2, 0.25) is 0 Å². The smallest absolute Gasteiger partial charge is 0.265 e. The Morgan fingerprint density at radius 2 is 1.62 bits per heavy atom. The summed E-state index contributed by atoms with van der Waals surface area (Å²) in [6.45, 7) is 0.882. The SMILES string of the molecule is O=C(Nc1cccc(OCCOc2ccccc2)c1)c1cccs1. The third kappa shape index (κ3) is 4.60. The van der Waals surface area contributed by atoms with Gasteiger partial charge in [0.05, 0.1) is 4.88 Å². The monoisotopic (exact) mass is 339 g/mol. The molecule has 0 atom stereocenters. The number of carbonyl (C=O) groups excluding carboxylic acids is 1. The fourth-order valence-electron chi connectivity index (χ4n) is 2.10. The summed E-state index contributed by atoms with van der Waals surface area (Å²) in [5.74, 6) is 1.39. The van der Waals surface area contributed by atoms with E-state index >= 15 is 0 Å². The summed E-state index contributed by atoms with van der Waals surface area (Å²) in [7, 11) is 0. The average molecular weight is 339 g/mol. The minimum Gasteiger partial charge on any atom is -0.490 e. The summed E-state index contributed by atoms with van der Waals surface area (Å²) in [6, 6.07) is 20.6. The van der Waals surface area contributed by atoms with Crippen LogP contribution in [0.2, 0.25) is 0 Å². The first kappa shape index (κ1) is 16.1. The van der Waals surface area contributed by atoms with Crippen molar-refractivity contribution in [2.24, 2.45) is 0 Å². The molecule has 0 aliphatic rings. The first-order valence-electron chi connectivity index (χ1n) is 7.57. The van der Waals surface area contributed by atoms with Crippen LogP contribution in [-0.4, -0.2) is 19.1 Å². The molecule has 0 spiro atoms. The Labute approximate surface area is 144 Å².